The Morgan fingerprint density at radius 3 is 2.48 bits per heavy atom. The van der Waals surface area contributed by atoms with Crippen LogP contribution in [0.25, 0.3) is 5.69 Å². The molecule has 0 aliphatic heterocycles. The van der Waals surface area contributed by atoms with Gasteiger partial charge in [-0.3, -0.25) is 9.36 Å². The van der Waals surface area contributed by atoms with E-state index in [0.29, 0.717) is 27.5 Å². The molecule has 0 spiro atoms. The molecule has 0 saturated heterocycles. The minimum Gasteiger partial charge on any atom is -0.497 e. The number of ether oxygens (including phenoxy) is 1. The molecule has 0 radical (unpaired) electrons. The standard InChI is InChI=1S/C21H23FN4O2S/c1-4-14(2)29-21-25-24-19(26(21)17-9-7-16(22)8-10-17)13-23-20(27)15-5-11-18(28-3)12-6-15/h5-12,14H,4,13H2,1-3H3,(H,23,27)/t14-/m0/s1. The van der Waals surface area contributed by atoms with E-state index in [2.05, 4.69) is 29.4 Å². The van der Waals surface area contributed by atoms with Crippen molar-refractivity contribution >= 4 is 17.7 Å². The summed E-state index contributed by atoms with van der Waals surface area (Å²) < 4.78 is 20.3. The predicted molar refractivity (Wildman–Crippen MR) is 111 cm³/mol. The number of hydrogen-bond donors (Lipinski definition) is 1. The number of rotatable bonds is 8. The molecular weight excluding hydrogens is 391 g/mol. The quantitative estimate of drug-likeness (QED) is 0.559. The lowest BCUT2D eigenvalue weighted by atomic mass is 10.2. The molecule has 1 amide bonds. The second-order valence-corrected chi connectivity index (χ2v) is 7.86. The molecule has 6 nitrogen and oxygen atoms in total. The van der Waals surface area contributed by atoms with Gasteiger partial charge in [-0.15, -0.1) is 10.2 Å². The molecule has 0 bridgehead atoms. The number of nitrogens with one attached hydrogen (secondary N) is 1. The molecule has 152 valence electrons. The Morgan fingerprint density at radius 1 is 1.17 bits per heavy atom. The molecule has 0 aliphatic rings. The Bertz CT molecular complexity index is 958. The van der Waals surface area contributed by atoms with Gasteiger partial charge in [0.15, 0.2) is 11.0 Å². The summed E-state index contributed by atoms with van der Waals surface area (Å²) in [6, 6.07) is 13.0. The van der Waals surface area contributed by atoms with Crippen LogP contribution in [0.5, 0.6) is 5.75 Å². The molecule has 1 aromatic heterocycles. The van der Waals surface area contributed by atoms with E-state index >= 15 is 0 Å². The molecule has 0 unspecified atom stereocenters. The molecule has 3 aromatic rings. The number of amides is 1. The first-order chi connectivity index (χ1) is 14.0. The van der Waals surface area contributed by atoms with E-state index in [0.717, 1.165) is 12.1 Å². The highest BCUT2D eigenvalue weighted by atomic mass is 32.2. The maximum absolute atomic E-state index is 13.4. The van der Waals surface area contributed by atoms with Crippen molar-refractivity contribution in [3.8, 4) is 11.4 Å². The first-order valence-electron chi connectivity index (χ1n) is 9.31. The maximum atomic E-state index is 13.4. The number of hydrogen-bond acceptors (Lipinski definition) is 5. The van der Waals surface area contributed by atoms with Crippen LogP contribution in [-0.2, 0) is 6.54 Å². The molecule has 8 heteroatoms. The summed E-state index contributed by atoms with van der Waals surface area (Å²) in [5, 5.41) is 12.5. The minimum atomic E-state index is -0.313. The van der Waals surface area contributed by atoms with E-state index in [1.54, 1.807) is 55.3 Å². The summed E-state index contributed by atoms with van der Waals surface area (Å²) in [6.07, 6.45) is 0.977. The van der Waals surface area contributed by atoms with Crippen LogP contribution < -0.4 is 10.1 Å². The zero-order chi connectivity index (χ0) is 20.8. The average Bonchev–Trinajstić information content (AvgIpc) is 3.14. The van der Waals surface area contributed by atoms with Gasteiger partial charge in [0.1, 0.15) is 11.6 Å². The van der Waals surface area contributed by atoms with Gasteiger partial charge >= 0.3 is 0 Å². The number of aromatic nitrogens is 3. The SMILES string of the molecule is CC[C@H](C)Sc1nnc(CNC(=O)c2ccc(OC)cc2)n1-c1ccc(F)cc1. The van der Waals surface area contributed by atoms with Gasteiger partial charge in [0.2, 0.25) is 0 Å². The largest absolute Gasteiger partial charge is 0.497 e. The smallest absolute Gasteiger partial charge is 0.251 e. The Kier molecular flexibility index (Phi) is 6.87. The van der Waals surface area contributed by atoms with E-state index in [-0.39, 0.29) is 18.3 Å². The van der Waals surface area contributed by atoms with Crippen LogP contribution in [0.3, 0.4) is 0 Å². The van der Waals surface area contributed by atoms with Crippen molar-refractivity contribution in [1.82, 2.24) is 20.1 Å². The summed E-state index contributed by atoms with van der Waals surface area (Å²) in [7, 11) is 1.58. The van der Waals surface area contributed by atoms with Crippen molar-refractivity contribution in [2.75, 3.05) is 7.11 Å². The lowest BCUT2D eigenvalue weighted by molar-refractivity contribution is 0.0949. The molecule has 3 rings (SSSR count). The van der Waals surface area contributed by atoms with Crippen molar-refractivity contribution in [1.29, 1.82) is 0 Å². The molecule has 0 saturated carbocycles. The van der Waals surface area contributed by atoms with Crippen molar-refractivity contribution < 1.29 is 13.9 Å². The summed E-state index contributed by atoms with van der Waals surface area (Å²) in [6.45, 7) is 4.40. The number of methoxy groups -OCH3 is 1. The van der Waals surface area contributed by atoms with E-state index in [1.165, 1.54) is 12.1 Å². The van der Waals surface area contributed by atoms with Crippen LogP contribution >= 0.6 is 11.8 Å². The third-order valence-corrected chi connectivity index (χ3v) is 5.64. The zero-order valence-electron chi connectivity index (χ0n) is 16.6. The number of thioether (sulfide) groups is 1. The van der Waals surface area contributed by atoms with Crippen molar-refractivity contribution in [2.45, 2.75) is 37.2 Å². The predicted octanol–water partition coefficient (Wildman–Crippen LogP) is 4.24. The van der Waals surface area contributed by atoms with E-state index in [4.69, 9.17) is 4.74 Å². The fourth-order valence-corrected chi connectivity index (χ4v) is 3.54. The number of carbonyl (C=O) groups excluding carboxylic acids is 1. The van der Waals surface area contributed by atoms with Gasteiger partial charge in [0, 0.05) is 16.5 Å². The normalized spacial score (nSPS) is 11.9. The van der Waals surface area contributed by atoms with Gasteiger partial charge in [0.25, 0.3) is 5.91 Å². The Morgan fingerprint density at radius 2 is 1.86 bits per heavy atom. The maximum Gasteiger partial charge on any atom is 0.251 e. The first kappa shape index (κ1) is 20.9. The van der Waals surface area contributed by atoms with Crippen LogP contribution in [0.4, 0.5) is 4.39 Å². The van der Waals surface area contributed by atoms with Crippen molar-refractivity contribution in [3.63, 3.8) is 0 Å². The first-order valence-corrected chi connectivity index (χ1v) is 10.2. The molecule has 0 aliphatic carbocycles. The van der Waals surface area contributed by atoms with E-state index in [1.807, 2.05) is 4.57 Å². The van der Waals surface area contributed by atoms with Crippen LogP contribution in [0.15, 0.2) is 53.7 Å². The monoisotopic (exact) mass is 414 g/mol. The van der Waals surface area contributed by atoms with Gasteiger partial charge in [-0.2, -0.15) is 0 Å². The number of nitrogens with zero attached hydrogens (tertiary/aromatic N) is 3. The molecule has 0 fully saturated rings. The van der Waals surface area contributed by atoms with Crippen LogP contribution in [-0.4, -0.2) is 33.0 Å². The summed E-state index contributed by atoms with van der Waals surface area (Å²) in [5.41, 5.74) is 1.27. The van der Waals surface area contributed by atoms with Crippen LogP contribution in [0, 0.1) is 5.82 Å². The topological polar surface area (TPSA) is 69.0 Å². The van der Waals surface area contributed by atoms with Gasteiger partial charge in [-0.1, -0.05) is 25.6 Å². The summed E-state index contributed by atoms with van der Waals surface area (Å²) in [5.74, 6) is 0.721. The lowest BCUT2D eigenvalue weighted by Crippen LogP contribution is -2.24. The second-order valence-electron chi connectivity index (χ2n) is 6.46. The minimum absolute atomic E-state index is 0.191. The fourth-order valence-electron chi connectivity index (χ4n) is 2.61. The molecule has 1 heterocycles. The molecule has 2 aromatic carbocycles. The van der Waals surface area contributed by atoms with Gasteiger partial charge in [-0.25, -0.2) is 4.39 Å². The third kappa shape index (κ3) is 5.14. The van der Waals surface area contributed by atoms with Gasteiger partial charge in [0.05, 0.1) is 13.7 Å². The highest BCUT2D eigenvalue weighted by Gasteiger charge is 2.17. The average molecular weight is 415 g/mol. The van der Waals surface area contributed by atoms with Gasteiger partial charge in [-0.05, 0) is 55.0 Å². The molecular formula is C21H23FN4O2S. The van der Waals surface area contributed by atoms with Gasteiger partial charge < -0.3 is 10.1 Å². The van der Waals surface area contributed by atoms with Crippen molar-refractivity contribution in [3.05, 3.63) is 65.7 Å². The Hall–Kier alpha value is -2.87. The summed E-state index contributed by atoms with van der Waals surface area (Å²) in [4.78, 5) is 12.5. The van der Waals surface area contributed by atoms with Crippen LogP contribution in [0.2, 0.25) is 0 Å². The van der Waals surface area contributed by atoms with Crippen LogP contribution in [0.1, 0.15) is 36.5 Å². The summed E-state index contributed by atoms with van der Waals surface area (Å²) >= 11 is 1.59. The molecule has 29 heavy (non-hydrogen) atoms. The van der Waals surface area contributed by atoms with Crippen molar-refractivity contribution in [2.24, 2.45) is 0 Å². The Labute approximate surface area is 173 Å². The number of halogens is 1. The van der Waals surface area contributed by atoms with E-state index < -0.39 is 0 Å². The lowest BCUT2D eigenvalue weighted by Gasteiger charge is -2.13. The molecule has 1 atom stereocenters. The van der Waals surface area contributed by atoms with E-state index in [9.17, 15) is 9.18 Å². The fraction of sp³-hybridized carbons (Fsp3) is 0.286. The highest BCUT2D eigenvalue weighted by Crippen LogP contribution is 2.27. The third-order valence-electron chi connectivity index (χ3n) is 4.43. The number of benzene rings is 2. The Balaban J connectivity index is 1.82. The molecule has 1 N–H and O–H groups in total. The highest BCUT2D eigenvalue weighted by molar-refractivity contribution is 7.99. The number of carbonyl (C=O) groups is 1. The zero-order valence-corrected chi connectivity index (χ0v) is 17.4. The second kappa shape index (κ2) is 9.56.